The van der Waals surface area contributed by atoms with Crippen molar-refractivity contribution in [2.45, 2.75) is 40.2 Å². The second kappa shape index (κ2) is 14.3. The van der Waals surface area contributed by atoms with Crippen LogP contribution >= 0.6 is 35.3 Å². The summed E-state index contributed by atoms with van der Waals surface area (Å²) in [6.07, 6.45) is 3.82. The number of amides is 1. The molecule has 0 spiro atoms. The van der Waals surface area contributed by atoms with Crippen LogP contribution in [0.25, 0.3) is 0 Å². The minimum atomic E-state index is 0. The van der Waals surface area contributed by atoms with E-state index in [0.29, 0.717) is 19.0 Å². The summed E-state index contributed by atoms with van der Waals surface area (Å²) in [4.78, 5) is 24.6. The van der Waals surface area contributed by atoms with E-state index in [-0.39, 0.29) is 36.4 Å². The van der Waals surface area contributed by atoms with Gasteiger partial charge in [-0.1, -0.05) is 37.3 Å². The van der Waals surface area contributed by atoms with Gasteiger partial charge in [0, 0.05) is 43.7 Å². The fourth-order valence-corrected chi connectivity index (χ4v) is 3.55. The highest BCUT2D eigenvalue weighted by Crippen LogP contribution is 2.13. The maximum Gasteiger partial charge on any atom is 0.244 e. The Bertz CT molecular complexity index is 751. The smallest absolute Gasteiger partial charge is 0.244 e. The van der Waals surface area contributed by atoms with Crippen molar-refractivity contribution in [3.8, 4) is 0 Å². The normalized spacial score (nSPS) is 10.9. The van der Waals surface area contributed by atoms with Crippen LogP contribution in [0.5, 0.6) is 0 Å². The molecule has 1 aromatic carbocycles. The van der Waals surface area contributed by atoms with Crippen molar-refractivity contribution in [2.75, 3.05) is 26.2 Å². The minimum Gasteiger partial charge on any atom is -0.357 e. The third kappa shape index (κ3) is 9.12. The highest BCUT2D eigenvalue weighted by atomic mass is 127. The molecule has 1 aromatic heterocycles. The predicted molar refractivity (Wildman–Crippen MR) is 132 cm³/mol. The summed E-state index contributed by atoms with van der Waals surface area (Å²) >= 11 is 1.75. The molecule has 0 saturated heterocycles. The Morgan fingerprint density at radius 1 is 1.17 bits per heavy atom. The SMILES string of the molecule is CCNC(=NCC(=O)N(CC)Cc1ccccc1)NCCc1ncc(CC)s1.I. The average Bonchev–Trinajstić information content (AvgIpc) is 3.18. The minimum absolute atomic E-state index is 0. The van der Waals surface area contributed by atoms with Crippen molar-refractivity contribution in [1.82, 2.24) is 20.5 Å². The number of benzene rings is 1. The molecule has 2 N–H and O–H groups in total. The third-order valence-electron chi connectivity index (χ3n) is 4.25. The highest BCUT2D eigenvalue weighted by Gasteiger charge is 2.12. The van der Waals surface area contributed by atoms with E-state index in [9.17, 15) is 4.79 Å². The molecule has 0 radical (unpaired) electrons. The van der Waals surface area contributed by atoms with Crippen LogP contribution in [0.1, 0.15) is 36.2 Å². The molecule has 0 aliphatic rings. The Hall–Kier alpha value is -1.68. The molecule has 2 rings (SSSR count). The predicted octanol–water partition coefficient (Wildman–Crippen LogP) is 3.47. The van der Waals surface area contributed by atoms with E-state index < -0.39 is 0 Å². The number of halogens is 1. The molecule has 1 heterocycles. The number of likely N-dealkylation sites (N-methyl/N-ethyl adjacent to an activating group) is 1. The molecular formula is C21H32IN5OS. The fraction of sp³-hybridized carbons (Fsp3) is 0.476. The van der Waals surface area contributed by atoms with E-state index in [0.717, 1.165) is 36.5 Å². The molecule has 2 aromatic rings. The van der Waals surface area contributed by atoms with E-state index in [1.165, 1.54) is 4.88 Å². The summed E-state index contributed by atoms with van der Waals surface area (Å²) in [5.74, 6) is 0.690. The molecule has 1 amide bonds. The monoisotopic (exact) mass is 529 g/mol. The lowest BCUT2D eigenvalue weighted by Gasteiger charge is -2.20. The van der Waals surface area contributed by atoms with Crippen LogP contribution in [0.4, 0.5) is 0 Å². The van der Waals surface area contributed by atoms with Gasteiger partial charge in [-0.2, -0.15) is 0 Å². The molecule has 0 saturated carbocycles. The van der Waals surface area contributed by atoms with Gasteiger partial charge in [0.05, 0.1) is 5.01 Å². The largest absolute Gasteiger partial charge is 0.357 e. The Kier molecular flexibility index (Phi) is 12.5. The number of aryl methyl sites for hydroxylation is 1. The number of thiazole rings is 1. The summed E-state index contributed by atoms with van der Waals surface area (Å²) < 4.78 is 0. The number of rotatable bonds is 10. The Balaban J connectivity index is 0.00000420. The van der Waals surface area contributed by atoms with E-state index in [2.05, 4.69) is 27.5 Å². The summed E-state index contributed by atoms with van der Waals surface area (Å²) in [6, 6.07) is 10.0. The summed E-state index contributed by atoms with van der Waals surface area (Å²) in [7, 11) is 0. The van der Waals surface area contributed by atoms with Crippen LogP contribution in [0.15, 0.2) is 41.5 Å². The first-order valence-electron chi connectivity index (χ1n) is 9.93. The summed E-state index contributed by atoms with van der Waals surface area (Å²) in [6.45, 7) is 9.04. The summed E-state index contributed by atoms with van der Waals surface area (Å²) in [5, 5.41) is 7.61. The zero-order valence-corrected chi connectivity index (χ0v) is 20.6. The molecule has 160 valence electrons. The zero-order valence-electron chi connectivity index (χ0n) is 17.5. The van der Waals surface area contributed by atoms with Gasteiger partial charge in [-0.15, -0.1) is 35.3 Å². The number of hydrogen-bond acceptors (Lipinski definition) is 4. The van der Waals surface area contributed by atoms with Crippen LogP contribution in [0.2, 0.25) is 0 Å². The quantitative estimate of drug-likeness (QED) is 0.281. The zero-order chi connectivity index (χ0) is 20.2. The lowest BCUT2D eigenvalue weighted by Crippen LogP contribution is -2.40. The molecular weight excluding hydrogens is 497 g/mol. The second-order valence-electron chi connectivity index (χ2n) is 6.34. The topological polar surface area (TPSA) is 69.6 Å². The molecule has 0 atom stereocenters. The first-order valence-corrected chi connectivity index (χ1v) is 10.7. The maximum atomic E-state index is 12.6. The van der Waals surface area contributed by atoms with Gasteiger partial charge in [0.25, 0.3) is 0 Å². The molecule has 29 heavy (non-hydrogen) atoms. The van der Waals surface area contributed by atoms with Crippen molar-refractivity contribution in [3.63, 3.8) is 0 Å². The van der Waals surface area contributed by atoms with Crippen LogP contribution in [0, 0.1) is 0 Å². The molecule has 8 heteroatoms. The van der Waals surface area contributed by atoms with Crippen molar-refractivity contribution >= 4 is 47.2 Å². The fourth-order valence-electron chi connectivity index (χ4n) is 2.68. The van der Waals surface area contributed by atoms with E-state index in [1.54, 1.807) is 11.3 Å². The third-order valence-corrected chi connectivity index (χ3v) is 5.45. The number of guanidine groups is 1. The van der Waals surface area contributed by atoms with Crippen molar-refractivity contribution in [3.05, 3.63) is 52.0 Å². The molecule has 0 fully saturated rings. The van der Waals surface area contributed by atoms with Gasteiger partial charge in [0.1, 0.15) is 6.54 Å². The Morgan fingerprint density at radius 3 is 2.55 bits per heavy atom. The molecule has 0 unspecified atom stereocenters. The number of carbonyl (C=O) groups is 1. The first kappa shape index (κ1) is 25.4. The lowest BCUT2D eigenvalue weighted by molar-refractivity contribution is -0.130. The van der Waals surface area contributed by atoms with Crippen molar-refractivity contribution in [2.24, 2.45) is 4.99 Å². The molecule has 0 aliphatic carbocycles. The standard InChI is InChI=1S/C21H31N5OS.HI/c1-4-18-14-24-19(28-18)12-13-23-21(22-5-2)25-15-20(27)26(6-3)16-17-10-8-7-9-11-17;/h7-11,14H,4-6,12-13,15-16H2,1-3H3,(H2,22,23,25);1H. The molecule has 0 bridgehead atoms. The molecule has 0 aliphatic heterocycles. The van der Waals surface area contributed by atoms with E-state index in [1.807, 2.05) is 55.3 Å². The number of hydrogen-bond donors (Lipinski definition) is 2. The maximum absolute atomic E-state index is 12.6. The van der Waals surface area contributed by atoms with Crippen molar-refractivity contribution < 1.29 is 4.79 Å². The van der Waals surface area contributed by atoms with Gasteiger partial charge in [0.2, 0.25) is 5.91 Å². The summed E-state index contributed by atoms with van der Waals surface area (Å²) in [5.41, 5.74) is 1.13. The first-order chi connectivity index (χ1) is 13.7. The number of nitrogens with zero attached hydrogens (tertiary/aromatic N) is 3. The Morgan fingerprint density at radius 2 is 1.93 bits per heavy atom. The molecule has 6 nitrogen and oxygen atoms in total. The van der Waals surface area contributed by atoms with Crippen LogP contribution in [0.3, 0.4) is 0 Å². The van der Waals surface area contributed by atoms with Crippen LogP contribution in [-0.4, -0.2) is 47.9 Å². The van der Waals surface area contributed by atoms with Gasteiger partial charge >= 0.3 is 0 Å². The number of aliphatic imine (C=N–C) groups is 1. The van der Waals surface area contributed by atoms with Gasteiger partial charge in [-0.05, 0) is 25.8 Å². The second-order valence-corrected chi connectivity index (χ2v) is 7.54. The van der Waals surface area contributed by atoms with Crippen LogP contribution < -0.4 is 10.6 Å². The highest BCUT2D eigenvalue weighted by molar-refractivity contribution is 14.0. The average molecular weight is 529 g/mol. The Labute approximate surface area is 195 Å². The lowest BCUT2D eigenvalue weighted by atomic mass is 10.2. The van der Waals surface area contributed by atoms with E-state index in [4.69, 9.17) is 0 Å². The van der Waals surface area contributed by atoms with Crippen molar-refractivity contribution in [1.29, 1.82) is 0 Å². The van der Waals surface area contributed by atoms with Gasteiger partial charge < -0.3 is 15.5 Å². The number of aromatic nitrogens is 1. The van der Waals surface area contributed by atoms with Gasteiger partial charge in [0.15, 0.2) is 5.96 Å². The number of nitrogens with one attached hydrogen (secondary N) is 2. The van der Waals surface area contributed by atoms with Crippen LogP contribution in [-0.2, 0) is 24.2 Å². The van der Waals surface area contributed by atoms with Gasteiger partial charge in [-0.3, -0.25) is 4.79 Å². The number of carbonyl (C=O) groups excluding carboxylic acids is 1. The van der Waals surface area contributed by atoms with E-state index >= 15 is 0 Å². The van der Waals surface area contributed by atoms with Gasteiger partial charge in [-0.25, -0.2) is 9.98 Å².